The van der Waals surface area contributed by atoms with Crippen molar-refractivity contribution in [3.05, 3.63) is 52.3 Å². The molecular weight excluding hydrogens is 335 g/mol. The second-order valence-corrected chi connectivity index (χ2v) is 5.07. The van der Waals surface area contributed by atoms with Crippen LogP contribution in [-0.4, -0.2) is 9.55 Å². The van der Waals surface area contributed by atoms with Crippen LogP contribution < -0.4 is 5.73 Å². The van der Waals surface area contributed by atoms with Crippen LogP contribution in [0, 0.1) is 17.5 Å². The highest BCUT2D eigenvalue weighted by Crippen LogP contribution is 2.29. The van der Waals surface area contributed by atoms with Crippen molar-refractivity contribution in [3.8, 4) is 5.69 Å². The summed E-state index contributed by atoms with van der Waals surface area (Å²) in [6.07, 6.45) is 0. The van der Waals surface area contributed by atoms with Gasteiger partial charge in [-0.2, -0.15) is 0 Å². The van der Waals surface area contributed by atoms with Crippen molar-refractivity contribution in [2.75, 3.05) is 5.73 Å². The van der Waals surface area contributed by atoms with Crippen molar-refractivity contribution in [1.82, 2.24) is 9.55 Å². The van der Waals surface area contributed by atoms with E-state index in [1.807, 2.05) is 0 Å². The lowest BCUT2D eigenvalue weighted by molar-refractivity contribution is 0.570. The third kappa shape index (κ3) is 1.94. The average Bonchev–Trinajstić information content (AvgIpc) is 2.64. The monoisotopic (exact) mass is 341 g/mol. The highest BCUT2D eigenvalue weighted by atomic mass is 79.9. The summed E-state index contributed by atoms with van der Waals surface area (Å²) in [5.41, 5.74) is 5.90. The first-order valence-electron chi connectivity index (χ1n) is 5.56. The number of rotatable bonds is 1. The zero-order valence-corrected chi connectivity index (χ0v) is 11.5. The first-order valence-corrected chi connectivity index (χ1v) is 6.35. The zero-order valence-electron chi connectivity index (χ0n) is 9.87. The molecule has 0 fully saturated rings. The molecule has 3 aromatic rings. The minimum absolute atomic E-state index is 0.120. The standard InChI is InChI=1S/C13H7BrF3N3/c14-6-3-8(16)12(9(17)4-6)20-11-2-1-7(15)5-10(11)19-13(20)18/h1-5H,(H2,18,19). The van der Waals surface area contributed by atoms with E-state index in [-0.39, 0.29) is 21.6 Å². The SMILES string of the molecule is Nc1nc2cc(F)ccc2n1-c1c(F)cc(Br)cc1F. The van der Waals surface area contributed by atoms with Gasteiger partial charge in [-0.05, 0) is 24.3 Å². The predicted octanol–water partition coefficient (Wildman–Crippen LogP) is 3.79. The zero-order chi connectivity index (χ0) is 14.4. The molecule has 0 aliphatic rings. The minimum atomic E-state index is -0.799. The van der Waals surface area contributed by atoms with E-state index in [0.717, 1.165) is 22.8 Å². The molecule has 0 aliphatic heterocycles. The Morgan fingerprint density at radius 3 is 2.35 bits per heavy atom. The minimum Gasteiger partial charge on any atom is -0.369 e. The maximum absolute atomic E-state index is 14.0. The first kappa shape index (κ1) is 13.0. The molecule has 2 aromatic carbocycles. The van der Waals surface area contributed by atoms with Gasteiger partial charge in [0.2, 0.25) is 5.95 Å². The number of imidazole rings is 1. The molecule has 2 N–H and O–H groups in total. The number of nitrogens with two attached hydrogens (primary N) is 1. The van der Waals surface area contributed by atoms with E-state index in [1.165, 1.54) is 12.1 Å². The average molecular weight is 342 g/mol. The lowest BCUT2D eigenvalue weighted by Gasteiger charge is -2.09. The van der Waals surface area contributed by atoms with Gasteiger partial charge in [0.25, 0.3) is 0 Å². The van der Waals surface area contributed by atoms with Crippen LogP contribution in [-0.2, 0) is 0 Å². The molecule has 7 heteroatoms. The number of nitrogens with zero attached hydrogens (tertiary/aromatic N) is 2. The Morgan fingerprint density at radius 2 is 1.70 bits per heavy atom. The molecule has 0 atom stereocenters. The van der Waals surface area contributed by atoms with Crippen molar-refractivity contribution < 1.29 is 13.2 Å². The summed E-state index contributed by atoms with van der Waals surface area (Å²) >= 11 is 3.00. The van der Waals surface area contributed by atoms with E-state index < -0.39 is 17.5 Å². The number of aromatic nitrogens is 2. The summed E-state index contributed by atoms with van der Waals surface area (Å²) in [7, 11) is 0. The Kier molecular flexibility index (Phi) is 2.93. The number of halogens is 4. The summed E-state index contributed by atoms with van der Waals surface area (Å²) in [6.45, 7) is 0. The molecule has 102 valence electrons. The summed E-state index contributed by atoms with van der Waals surface area (Å²) in [5, 5.41) is 0. The maximum Gasteiger partial charge on any atom is 0.206 e. The first-order chi connectivity index (χ1) is 9.47. The molecule has 0 unspecified atom stereocenters. The van der Waals surface area contributed by atoms with Gasteiger partial charge >= 0.3 is 0 Å². The molecule has 0 saturated heterocycles. The van der Waals surface area contributed by atoms with Gasteiger partial charge in [0.15, 0.2) is 11.6 Å². The van der Waals surface area contributed by atoms with Gasteiger partial charge in [0.05, 0.1) is 11.0 Å². The molecule has 1 aromatic heterocycles. The fourth-order valence-corrected chi connectivity index (χ4v) is 2.46. The van der Waals surface area contributed by atoms with Gasteiger partial charge in [-0.25, -0.2) is 18.2 Å². The summed E-state index contributed by atoms with van der Waals surface area (Å²) in [4.78, 5) is 3.91. The van der Waals surface area contributed by atoms with E-state index in [0.29, 0.717) is 5.52 Å². The quantitative estimate of drug-likeness (QED) is 0.731. The molecule has 0 amide bonds. The van der Waals surface area contributed by atoms with Crippen LogP contribution in [0.15, 0.2) is 34.8 Å². The van der Waals surface area contributed by atoms with E-state index in [9.17, 15) is 13.2 Å². The van der Waals surface area contributed by atoms with Crippen LogP contribution >= 0.6 is 15.9 Å². The molecule has 0 aliphatic carbocycles. The molecule has 3 rings (SSSR count). The largest absolute Gasteiger partial charge is 0.369 e. The van der Waals surface area contributed by atoms with Crippen LogP contribution in [0.1, 0.15) is 0 Å². The Hall–Kier alpha value is -2.02. The van der Waals surface area contributed by atoms with Crippen LogP contribution in [0.3, 0.4) is 0 Å². The third-order valence-electron chi connectivity index (χ3n) is 2.85. The van der Waals surface area contributed by atoms with E-state index >= 15 is 0 Å². The number of nitrogen functional groups attached to an aromatic ring is 1. The van der Waals surface area contributed by atoms with Crippen LogP contribution in [0.2, 0.25) is 0 Å². The fraction of sp³-hybridized carbons (Fsp3) is 0. The summed E-state index contributed by atoms with van der Waals surface area (Å²) in [5.74, 6) is -2.22. The molecule has 1 heterocycles. The van der Waals surface area contributed by atoms with E-state index in [4.69, 9.17) is 5.73 Å². The van der Waals surface area contributed by atoms with Gasteiger partial charge in [-0.1, -0.05) is 15.9 Å². The molecule has 0 spiro atoms. The van der Waals surface area contributed by atoms with Crippen LogP contribution in [0.5, 0.6) is 0 Å². The predicted molar refractivity (Wildman–Crippen MR) is 73.1 cm³/mol. The van der Waals surface area contributed by atoms with Crippen LogP contribution in [0.4, 0.5) is 19.1 Å². The van der Waals surface area contributed by atoms with Gasteiger partial charge in [0.1, 0.15) is 11.5 Å². The third-order valence-corrected chi connectivity index (χ3v) is 3.31. The number of fused-ring (bicyclic) bond motifs is 1. The summed E-state index contributed by atoms with van der Waals surface area (Å²) in [6, 6.07) is 5.93. The van der Waals surface area contributed by atoms with Crippen molar-refractivity contribution in [2.45, 2.75) is 0 Å². The lowest BCUT2D eigenvalue weighted by atomic mass is 10.2. The van der Waals surface area contributed by atoms with Gasteiger partial charge in [0, 0.05) is 10.5 Å². The van der Waals surface area contributed by atoms with Crippen molar-refractivity contribution >= 4 is 32.9 Å². The van der Waals surface area contributed by atoms with Crippen molar-refractivity contribution in [2.24, 2.45) is 0 Å². The maximum atomic E-state index is 14.0. The molecular formula is C13H7BrF3N3. The van der Waals surface area contributed by atoms with Crippen LogP contribution in [0.25, 0.3) is 16.7 Å². The van der Waals surface area contributed by atoms with E-state index in [2.05, 4.69) is 20.9 Å². The number of hydrogen-bond acceptors (Lipinski definition) is 2. The molecule has 0 bridgehead atoms. The van der Waals surface area contributed by atoms with Crippen molar-refractivity contribution in [1.29, 1.82) is 0 Å². The second kappa shape index (κ2) is 4.52. The number of benzene rings is 2. The Morgan fingerprint density at radius 1 is 1.05 bits per heavy atom. The Bertz CT molecular complexity index is 806. The second-order valence-electron chi connectivity index (χ2n) is 4.16. The normalized spacial score (nSPS) is 11.2. The van der Waals surface area contributed by atoms with Gasteiger partial charge < -0.3 is 5.73 Å². The highest BCUT2D eigenvalue weighted by molar-refractivity contribution is 9.10. The van der Waals surface area contributed by atoms with Gasteiger partial charge in [-0.3, -0.25) is 4.57 Å². The lowest BCUT2D eigenvalue weighted by Crippen LogP contribution is -2.05. The number of hydrogen-bond donors (Lipinski definition) is 1. The highest BCUT2D eigenvalue weighted by Gasteiger charge is 2.18. The fourth-order valence-electron chi connectivity index (χ4n) is 2.06. The Labute approximate surface area is 120 Å². The molecule has 3 nitrogen and oxygen atoms in total. The summed E-state index contributed by atoms with van der Waals surface area (Å²) < 4.78 is 42.6. The topological polar surface area (TPSA) is 43.8 Å². The molecule has 20 heavy (non-hydrogen) atoms. The Balaban J connectivity index is 2.38. The smallest absolute Gasteiger partial charge is 0.206 e. The number of anilines is 1. The van der Waals surface area contributed by atoms with Gasteiger partial charge in [-0.15, -0.1) is 0 Å². The van der Waals surface area contributed by atoms with Crippen molar-refractivity contribution in [3.63, 3.8) is 0 Å². The molecule has 0 radical (unpaired) electrons. The molecule has 0 saturated carbocycles. The van der Waals surface area contributed by atoms with E-state index in [1.54, 1.807) is 0 Å².